The van der Waals surface area contributed by atoms with E-state index in [0.717, 1.165) is 22.3 Å². The molecule has 2 aromatic rings. The van der Waals surface area contributed by atoms with Gasteiger partial charge in [0, 0.05) is 5.39 Å². The molecule has 0 spiro atoms. The Balaban J connectivity index is 3.01. The Kier molecular flexibility index (Phi) is 1.71. The highest BCUT2D eigenvalue weighted by molar-refractivity contribution is 5.92. The van der Waals surface area contributed by atoms with E-state index in [4.69, 9.17) is 15.4 Å². The first-order valence-electron chi connectivity index (χ1n) is 4.33. The number of hydrogen-bond donors (Lipinski definition) is 1. The monoisotopic (exact) mass is 186 g/mol. The Morgan fingerprint density at radius 1 is 1.36 bits per heavy atom. The van der Waals surface area contributed by atoms with Crippen molar-refractivity contribution in [1.29, 1.82) is 5.26 Å². The van der Waals surface area contributed by atoms with Gasteiger partial charge in [-0.15, -0.1) is 0 Å². The minimum atomic E-state index is 0.504. The van der Waals surface area contributed by atoms with Crippen LogP contribution in [0.1, 0.15) is 16.9 Å². The Labute approximate surface area is 81.7 Å². The molecule has 0 saturated carbocycles. The Morgan fingerprint density at radius 3 is 2.71 bits per heavy atom. The fourth-order valence-electron chi connectivity index (χ4n) is 1.59. The Bertz CT molecular complexity index is 546. The molecule has 3 nitrogen and oxygen atoms in total. The average molecular weight is 186 g/mol. The molecule has 0 radical (unpaired) electrons. The average Bonchev–Trinajstić information content (AvgIpc) is 2.45. The fourth-order valence-corrected chi connectivity index (χ4v) is 1.59. The summed E-state index contributed by atoms with van der Waals surface area (Å²) < 4.78 is 5.49. The second-order valence-electron chi connectivity index (χ2n) is 3.30. The van der Waals surface area contributed by atoms with Crippen LogP contribution >= 0.6 is 0 Å². The number of rotatable bonds is 0. The standard InChI is InChI=1S/C11H10N2O/c1-6-7(2)14-10-4-3-9(13)8(5-12)11(6)10/h3-4H,13H2,1-2H3. The molecule has 0 aliphatic carbocycles. The Morgan fingerprint density at radius 2 is 2.07 bits per heavy atom. The molecule has 2 rings (SSSR count). The van der Waals surface area contributed by atoms with E-state index in [1.807, 2.05) is 13.8 Å². The van der Waals surface area contributed by atoms with Crippen LogP contribution in [-0.4, -0.2) is 0 Å². The van der Waals surface area contributed by atoms with Gasteiger partial charge < -0.3 is 10.2 Å². The first-order chi connectivity index (χ1) is 6.65. The summed E-state index contributed by atoms with van der Waals surface area (Å²) in [4.78, 5) is 0. The number of nitriles is 1. The lowest BCUT2D eigenvalue weighted by Gasteiger charge is -1.97. The van der Waals surface area contributed by atoms with E-state index in [9.17, 15) is 0 Å². The molecule has 3 heteroatoms. The normalized spacial score (nSPS) is 10.4. The minimum absolute atomic E-state index is 0.504. The summed E-state index contributed by atoms with van der Waals surface area (Å²) in [6.07, 6.45) is 0. The van der Waals surface area contributed by atoms with E-state index in [0.29, 0.717) is 11.3 Å². The molecule has 0 unspecified atom stereocenters. The number of hydrogen-bond acceptors (Lipinski definition) is 3. The highest BCUT2D eigenvalue weighted by atomic mass is 16.3. The molecule has 0 aliphatic heterocycles. The van der Waals surface area contributed by atoms with E-state index in [2.05, 4.69) is 6.07 Å². The largest absolute Gasteiger partial charge is 0.461 e. The fraction of sp³-hybridized carbons (Fsp3) is 0.182. The molecule has 0 bridgehead atoms. The number of fused-ring (bicyclic) bond motifs is 1. The molecular weight excluding hydrogens is 176 g/mol. The third kappa shape index (κ3) is 0.975. The van der Waals surface area contributed by atoms with Gasteiger partial charge in [-0.3, -0.25) is 0 Å². The van der Waals surface area contributed by atoms with Crippen LogP contribution in [0.2, 0.25) is 0 Å². The van der Waals surface area contributed by atoms with Crippen LogP contribution in [0.15, 0.2) is 16.5 Å². The van der Waals surface area contributed by atoms with Crippen molar-refractivity contribution in [2.75, 3.05) is 5.73 Å². The van der Waals surface area contributed by atoms with Crippen molar-refractivity contribution in [3.8, 4) is 6.07 Å². The number of nitrogen functional groups attached to an aromatic ring is 1. The van der Waals surface area contributed by atoms with Crippen LogP contribution < -0.4 is 5.73 Å². The molecule has 0 aliphatic rings. The van der Waals surface area contributed by atoms with Gasteiger partial charge in [0.2, 0.25) is 0 Å². The zero-order valence-electron chi connectivity index (χ0n) is 8.09. The first kappa shape index (κ1) is 8.64. The third-order valence-electron chi connectivity index (χ3n) is 2.48. The molecule has 2 N–H and O–H groups in total. The maximum atomic E-state index is 8.98. The summed E-state index contributed by atoms with van der Waals surface area (Å²) in [6.45, 7) is 3.81. The lowest BCUT2D eigenvalue weighted by Crippen LogP contribution is -1.90. The first-order valence-corrected chi connectivity index (χ1v) is 4.33. The van der Waals surface area contributed by atoms with Crippen molar-refractivity contribution in [2.24, 2.45) is 0 Å². The maximum absolute atomic E-state index is 8.98. The molecule has 0 amide bonds. The summed E-state index contributed by atoms with van der Waals surface area (Å²) in [5.41, 5.74) is 8.44. The van der Waals surface area contributed by atoms with Crippen LogP contribution in [0.3, 0.4) is 0 Å². The molecule has 0 atom stereocenters. The van der Waals surface area contributed by atoms with Crippen molar-refractivity contribution in [1.82, 2.24) is 0 Å². The second kappa shape index (κ2) is 2.78. The van der Waals surface area contributed by atoms with Crippen LogP contribution in [0.5, 0.6) is 0 Å². The van der Waals surface area contributed by atoms with Gasteiger partial charge in [-0.2, -0.15) is 5.26 Å². The van der Waals surface area contributed by atoms with E-state index >= 15 is 0 Å². The van der Waals surface area contributed by atoms with Gasteiger partial charge in [0.05, 0.1) is 11.3 Å². The minimum Gasteiger partial charge on any atom is -0.461 e. The maximum Gasteiger partial charge on any atom is 0.136 e. The van der Waals surface area contributed by atoms with Gasteiger partial charge in [-0.1, -0.05) is 0 Å². The lowest BCUT2D eigenvalue weighted by atomic mass is 10.1. The molecule has 1 heterocycles. The number of furan rings is 1. The predicted molar refractivity (Wildman–Crippen MR) is 54.8 cm³/mol. The van der Waals surface area contributed by atoms with Gasteiger partial charge >= 0.3 is 0 Å². The molecule has 70 valence electrons. The molecule has 0 fully saturated rings. The van der Waals surface area contributed by atoms with Crippen LogP contribution in [0.25, 0.3) is 11.0 Å². The van der Waals surface area contributed by atoms with Gasteiger partial charge in [-0.05, 0) is 31.5 Å². The van der Waals surface area contributed by atoms with Gasteiger partial charge in [0.1, 0.15) is 17.4 Å². The summed E-state index contributed by atoms with van der Waals surface area (Å²) in [6, 6.07) is 5.60. The number of nitrogens with zero attached hydrogens (tertiary/aromatic N) is 1. The van der Waals surface area contributed by atoms with Crippen molar-refractivity contribution >= 4 is 16.7 Å². The zero-order valence-corrected chi connectivity index (χ0v) is 8.09. The molecular formula is C11H10N2O. The summed E-state index contributed by atoms with van der Waals surface area (Å²) in [7, 11) is 0. The van der Waals surface area contributed by atoms with E-state index in [1.54, 1.807) is 12.1 Å². The number of aryl methyl sites for hydroxylation is 2. The quantitative estimate of drug-likeness (QED) is 0.643. The third-order valence-corrected chi connectivity index (χ3v) is 2.48. The van der Waals surface area contributed by atoms with Gasteiger partial charge in [0.15, 0.2) is 0 Å². The van der Waals surface area contributed by atoms with E-state index < -0.39 is 0 Å². The van der Waals surface area contributed by atoms with Crippen molar-refractivity contribution in [3.63, 3.8) is 0 Å². The van der Waals surface area contributed by atoms with Crippen LogP contribution in [-0.2, 0) is 0 Å². The lowest BCUT2D eigenvalue weighted by molar-refractivity contribution is 0.575. The summed E-state index contributed by atoms with van der Waals surface area (Å²) in [5, 5.41) is 9.82. The SMILES string of the molecule is Cc1oc2ccc(N)c(C#N)c2c1C. The summed E-state index contributed by atoms with van der Waals surface area (Å²) in [5.74, 6) is 0.835. The van der Waals surface area contributed by atoms with E-state index in [1.165, 1.54) is 0 Å². The topological polar surface area (TPSA) is 62.9 Å². The second-order valence-corrected chi connectivity index (χ2v) is 3.30. The smallest absolute Gasteiger partial charge is 0.136 e. The van der Waals surface area contributed by atoms with Crippen molar-refractivity contribution in [3.05, 3.63) is 29.0 Å². The summed E-state index contributed by atoms with van der Waals surface area (Å²) >= 11 is 0. The van der Waals surface area contributed by atoms with Gasteiger partial charge in [0.25, 0.3) is 0 Å². The molecule has 0 saturated heterocycles. The van der Waals surface area contributed by atoms with Gasteiger partial charge in [-0.25, -0.2) is 0 Å². The number of nitrogens with two attached hydrogens (primary N) is 1. The zero-order chi connectivity index (χ0) is 10.3. The Hall–Kier alpha value is -1.95. The number of anilines is 1. The highest BCUT2D eigenvalue weighted by Gasteiger charge is 2.12. The van der Waals surface area contributed by atoms with Crippen LogP contribution in [0, 0.1) is 25.2 Å². The van der Waals surface area contributed by atoms with E-state index in [-0.39, 0.29) is 0 Å². The number of benzene rings is 1. The van der Waals surface area contributed by atoms with Crippen molar-refractivity contribution in [2.45, 2.75) is 13.8 Å². The van der Waals surface area contributed by atoms with Crippen molar-refractivity contribution < 1.29 is 4.42 Å². The highest BCUT2D eigenvalue weighted by Crippen LogP contribution is 2.30. The molecule has 1 aromatic carbocycles. The molecule has 1 aromatic heterocycles. The predicted octanol–water partition coefficient (Wildman–Crippen LogP) is 2.50. The molecule has 14 heavy (non-hydrogen) atoms. The van der Waals surface area contributed by atoms with Crippen LogP contribution in [0.4, 0.5) is 5.69 Å².